The first kappa shape index (κ1) is 33.9. The van der Waals surface area contributed by atoms with E-state index in [1.54, 1.807) is 17.0 Å². The maximum Gasteiger partial charge on any atom is 0.300 e. The van der Waals surface area contributed by atoms with Crippen molar-refractivity contribution in [3.05, 3.63) is 42.5 Å². The summed E-state index contributed by atoms with van der Waals surface area (Å²) in [4.78, 5) is 37.5. The van der Waals surface area contributed by atoms with Crippen LogP contribution in [0.5, 0.6) is 0 Å². The number of fused-ring (bicyclic) bond motifs is 1. The molecule has 2 amide bonds. The summed E-state index contributed by atoms with van der Waals surface area (Å²) in [7, 11) is -4.14. The molecule has 0 spiro atoms. The molecule has 1 aliphatic heterocycles. The number of sulfonamides is 1. The van der Waals surface area contributed by atoms with Crippen molar-refractivity contribution in [3.8, 4) is 0 Å². The minimum atomic E-state index is -4.14. The minimum absolute atomic E-state index is 0.00848. The van der Waals surface area contributed by atoms with Gasteiger partial charge in [-0.1, -0.05) is 30.3 Å². The van der Waals surface area contributed by atoms with E-state index >= 15 is 0 Å². The van der Waals surface area contributed by atoms with Gasteiger partial charge in [-0.05, 0) is 67.5 Å². The van der Waals surface area contributed by atoms with Crippen LogP contribution in [0.2, 0.25) is 0 Å². The maximum absolute atomic E-state index is 13.7. The highest BCUT2D eigenvalue weighted by Gasteiger charge is 2.38. The summed E-state index contributed by atoms with van der Waals surface area (Å²) in [5, 5.41) is 28.2. The van der Waals surface area contributed by atoms with Gasteiger partial charge in [0.25, 0.3) is 5.97 Å². The van der Waals surface area contributed by atoms with Gasteiger partial charge in [-0.25, -0.2) is 8.42 Å². The number of nitrogens with zero attached hydrogens (tertiary/aromatic N) is 2. The van der Waals surface area contributed by atoms with Crippen LogP contribution in [0.25, 0.3) is 10.8 Å². The molecule has 43 heavy (non-hydrogen) atoms. The van der Waals surface area contributed by atoms with E-state index in [1.807, 2.05) is 24.3 Å². The van der Waals surface area contributed by atoms with Gasteiger partial charge in [0.1, 0.15) is 6.04 Å². The fourth-order valence-corrected chi connectivity index (χ4v) is 6.28. The number of carboxylic acids is 1. The van der Waals surface area contributed by atoms with E-state index in [1.165, 1.54) is 12.3 Å². The number of piperidine rings is 1. The highest BCUT2D eigenvalue weighted by molar-refractivity contribution is 7.89. The molecular weight excluding hydrogens is 576 g/mol. The van der Waals surface area contributed by atoms with Crippen LogP contribution < -0.4 is 21.2 Å². The molecule has 4 rings (SSSR count). The smallest absolute Gasteiger partial charge is 0.300 e. The third-order valence-electron chi connectivity index (χ3n) is 7.26. The van der Waals surface area contributed by atoms with Crippen molar-refractivity contribution in [3.63, 3.8) is 0 Å². The van der Waals surface area contributed by atoms with Crippen LogP contribution in [-0.2, 0) is 24.4 Å². The van der Waals surface area contributed by atoms with Crippen LogP contribution in [-0.4, -0.2) is 91.9 Å². The minimum Gasteiger partial charge on any atom is -0.481 e. The molecule has 1 aliphatic carbocycles. The highest BCUT2D eigenvalue weighted by atomic mass is 32.2. The fraction of sp³-hybridized carbons (Fsp3) is 0.517. The van der Waals surface area contributed by atoms with Crippen molar-refractivity contribution < 1.29 is 33.0 Å². The molecule has 14 heteroatoms. The van der Waals surface area contributed by atoms with Crippen molar-refractivity contribution >= 4 is 44.8 Å². The Morgan fingerprint density at radius 3 is 2.47 bits per heavy atom. The van der Waals surface area contributed by atoms with Crippen LogP contribution >= 0.6 is 0 Å². The zero-order chi connectivity index (χ0) is 31.4. The summed E-state index contributed by atoms with van der Waals surface area (Å²) in [5.74, 6) is 3.68. The number of carbonyl (C=O) groups is 3. The topological polar surface area (TPSA) is 204 Å². The van der Waals surface area contributed by atoms with Gasteiger partial charge < -0.3 is 31.6 Å². The Morgan fingerprint density at radius 1 is 1.16 bits per heavy atom. The van der Waals surface area contributed by atoms with E-state index in [2.05, 4.69) is 20.5 Å². The van der Waals surface area contributed by atoms with Crippen LogP contribution in [0.4, 0.5) is 0 Å². The van der Waals surface area contributed by atoms with E-state index in [9.17, 15) is 23.1 Å². The Labute approximate surface area is 251 Å². The number of carboxylic acid groups (broad SMARTS) is 1. The van der Waals surface area contributed by atoms with Crippen molar-refractivity contribution in [2.24, 2.45) is 16.9 Å². The number of aliphatic hydroxyl groups is 1. The molecule has 3 atom stereocenters. The third-order valence-corrected chi connectivity index (χ3v) is 8.73. The summed E-state index contributed by atoms with van der Waals surface area (Å²) >= 11 is 0. The largest absolute Gasteiger partial charge is 0.481 e. The second kappa shape index (κ2) is 16.3. The van der Waals surface area contributed by atoms with Gasteiger partial charge in [0.15, 0.2) is 0 Å². The molecule has 13 nitrogen and oxygen atoms in total. The molecular formula is C29H42N6O7S. The lowest BCUT2D eigenvalue weighted by molar-refractivity contribution is -0.136. The Morgan fingerprint density at radius 2 is 1.86 bits per heavy atom. The summed E-state index contributed by atoms with van der Waals surface area (Å²) < 4.78 is 29.5. The number of amides is 2. The van der Waals surface area contributed by atoms with Gasteiger partial charge in [-0.3, -0.25) is 14.4 Å². The molecule has 0 radical (unpaired) electrons. The van der Waals surface area contributed by atoms with Gasteiger partial charge in [0, 0.05) is 38.9 Å². The van der Waals surface area contributed by atoms with Gasteiger partial charge in [-0.2, -0.15) is 9.82 Å². The zero-order valence-corrected chi connectivity index (χ0v) is 25.1. The fourth-order valence-electron chi connectivity index (χ4n) is 5.05. The maximum atomic E-state index is 13.7. The number of rotatable bonds is 13. The van der Waals surface area contributed by atoms with Gasteiger partial charge in [-0.15, -0.1) is 0 Å². The van der Waals surface area contributed by atoms with E-state index in [0.717, 1.165) is 49.9 Å². The average molecular weight is 619 g/mol. The monoisotopic (exact) mass is 618 g/mol. The number of nitrogens with one attached hydrogen (secondary N) is 3. The molecule has 2 aromatic rings. The first-order chi connectivity index (χ1) is 20.6. The number of aliphatic carboxylic acids is 1. The molecule has 1 heterocycles. The second-order valence-electron chi connectivity index (χ2n) is 10.7. The Hall–Kier alpha value is -3.59. The predicted octanol–water partition coefficient (Wildman–Crippen LogP) is 0.770. The number of nitrogens with two attached hydrogens (primary N) is 1. The van der Waals surface area contributed by atoms with E-state index < -0.39 is 39.9 Å². The SMILES string of the molecule is CC(=O)O.N/N=C\[C@@H](NC(=O)C[C@H](NS(=O)(=O)c1ccc2ccccc2c1)C(=O)N(CCCO)C1CC1)C1CCCNC1. The number of hydrazone groups is 1. The van der Waals surface area contributed by atoms with E-state index in [4.69, 9.17) is 15.7 Å². The van der Waals surface area contributed by atoms with Crippen molar-refractivity contribution in [1.82, 2.24) is 20.3 Å². The average Bonchev–Trinajstić information content (AvgIpc) is 3.82. The molecule has 2 aliphatic rings. The summed E-state index contributed by atoms with van der Waals surface area (Å²) in [5.41, 5.74) is 0. The molecule has 1 unspecified atom stereocenters. The number of benzene rings is 2. The third kappa shape index (κ3) is 10.6. The van der Waals surface area contributed by atoms with Crippen molar-refractivity contribution in [2.45, 2.75) is 68.5 Å². The molecule has 0 aromatic heterocycles. The first-order valence-electron chi connectivity index (χ1n) is 14.4. The normalized spacial score (nSPS) is 18.3. The Balaban J connectivity index is 0.00000119. The van der Waals surface area contributed by atoms with Crippen LogP contribution in [0, 0.1) is 5.92 Å². The molecule has 7 N–H and O–H groups in total. The standard InChI is InChI=1S/C27H38N6O5S.C2H4O2/c28-30-18-25(21-7-3-12-29-17-21)31-26(35)16-24(27(36)33(13-4-14-34)22-9-10-22)32-39(37,38)23-11-8-19-5-1-2-6-20(19)15-23;1-2(3)4/h1-2,5-6,8,11,15,18,21-22,24-25,29,32,34H,3-4,7,9-10,12-14,16-17,28H2,(H,31,35);1H3,(H,3,4)/b30-18-;/t21?,24-,25+;/m0./s1. The number of hydrogen-bond acceptors (Lipinski definition) is 9. The van der Waals surface area contributed by atoms with Crippen LogP contribution in [0.3, 0.4) is 0 Å². The van der Waals surface area contributed by atoms with Gasteiger partial charge in [0.2, 0.25) is 21.8 Å². The van der Waals surface area contributed by atoms with Crippen LogP contribution in [0.1, 0.15) is 45.4 Å². The number of aliphatic hydroxyl groups excluding tert-OH is 1. The lowest BCUT2D eigenvalue weighted by atomic mass is 9.92. The Bertz CT molecular complexity index is 1370. The lowest BCUT2D eigenvalue weighted by Gasteiger charge is -2.30. The highest BCUT2D eigenvalue weighted by Crippen LogP contribution is 2.28. The van der Waals surface area contributed by atoms with Gasteiger partial charge in [0.05, 0.1) is 17.4 Å². The quantitative estimate of drug-likeness (QED) is 0.106. The van der Waals surface area contributed by atoms with E-state index in [-0.39, 0.29) is 36.4 Å². The molecule has 236 valence electrons. The lowest BCUT2D eigenvalue weighted by Crippen LogP contribution is -2.53. The molecule has 2 fully saturated rings. The Kier molecular flexibility index (Phi) is 12.9. The summed E-state index contributed by atoms with van der Waals surface area (Å²) in [6, 6.07) is 10.3. The molecule has 1 saturated heterocycles. The summed E-state index contributed by atoms with van der Waals surface area (Å²) in [6.45, 7) is 2.85. The van der Waals surface area contributed by atoms with Crippen LogP contribution in [0.15, 0.2) is 52.5 Å². The second-order valence-corrected chi connectivity index (χ2v) is 12.5. The summed E-state index contributed by atoms with van der Waals surface area (Å²) in [6.07, 6.45) is 4.88. The van der Waals surface area contributed by atoms with Crippen molar-refractivity contribution in [2.75, 3.05) is 26.2 Å². The molecule has 2 aromatic carbocycles. The predicted molar refractivity (Wildman–Crippen MR) is 163 cm³/mol. The number of hydrogen-bond donors (Lipinski definition) is 6. The molecule has 1 saturated carbocycles. The van der Waals surface area contributed by atoms with E-state index in [0.29, 0.717) is 13.0 Å². The zero-order valence-electron chi connectivity index (χ0n) is 24.3. The van der Waals surface area contributed by atoms with Crippen molar-refractivity contribution in [1.29, 1.82) is 0 Å². The first-order valence-corrected chi connectivity index (χ1v) is 15.9. The van der Waals surface area contributed by atoms with Gasteiger partial charge >= 0.3 is 0 Å². The molecule has 0 bridgehead atoms. The number of carbonyl (C=O) groups excluding carboxylic acids is 2.